The first-order valence-corrected chi connectivity index (χ1v) is 6.61. The van der Waals surface area contributed by atoms with Crippen molar-refractivity contribution in [2.75, 3.05) is 17.2 Å². The number of nitrogens with two attached hydrogens (primary N) is 1. The van der Waals surface area contributed by atoms with E-state index in [0.29, 0.717) is 5.69 Å². The van der Waals surface area contributed by atoms with Crippen LogP contribution in [0.1, 0.15) is 17.5 Å². The quantitative estimate of drug-likeness (QED) is 0.793. The number of halogens is 1. The molecular formula is C16H17FN2. The van der Waals surface area contributed by atoms with Crippen LogP contribution in [0.25, 0.3) is 0 Å². The molecule has 0 fully saturated rings. The molecule has 19 heavy (non-hydrogen) atoms. The fraction of sp³-hybridized carbons (Fsp3) is 0.250. The number of anilines is 2. The molecule has 1 aliphatic heterocycles. The molecule has 0 aromatic heterocycles. The Hall–Kier alpha value is -2.03. The Morgan fingerprint density at radius 1 is 1.05 bits per heavy atom. The average Bonchev–Trinajstić information content (AvgIpc) is 2.63. The highest BCUT2D eigenvalue weighted by Crippen LogP contribution is 2.28. The van der Waals surface area contributed by atoms with Crippen molar-refractivity contribution in [2.45, 2.75) is 19.4 Å². The summed E-state index contributed by atoms with van der Waals surface area (Å²) in [6.07, 6.45) is 2.13. The number of hydrogen-bond donors (Lipinski definition) is 1. The molecule has 2 nitrogen and oxygen atoms in total. The minimum Gasteiger partial charge on any atom is -0.397 e. The van der Waals surface area contributed by atoms with E-state index in [1.807, 2.05) is 0 Å². The van der Waals surface area contributed by atoms with E-state index < -0.39 is 0 Å². The van der Waals surface area contributed by atoms with Crippen LogP contribution in [0, 0.1) is 5.82 Å². The fourth-order valence-electron chi connectivity index (χ4n) is 2.70. The topological polar surface area (TPSA) is 29.3 Å². The van der Waals surface area contributed by atoms with Crippen LogP contribution in [0.2, 0.25) is 0 Å². The molecule has 0 radical (unpaired) electrons. The lowest BCUT2D eigenvalue weighted by Crippen LogP contribution is -2.23. The number of fused-ring (bicyclic) bond motifs is 1. The largest absolute Gasteiger partial charge is 0.397 e. The van der Waals surface area contributed by atoms with E-state index in [2.05, 4.69) is 29.2 Å². The lowest BCUT2D eigenvalue weighted by molar-refractivity contribution is 0.626. The minimum atomic E-state index is -0.235. The summed E-state index contributed by atoms with van der Waals surface area (Å²) < 4.78 is 13.4. The van der Waals surface area contributed by atoms with Gasteiger partial charge in [-0.05, 0) is 42.2 Å². The predicted molar refractivity (Wildman–Crippen MR) is 76.6 cm³/mol. The number of rotatable bonds is 1. The predicted octanol–water partition coefficient (Wildman–Crippen LogP) is 3.36. The van der Waals surface area contributed by atoms with E-state index in [0.717, 1.165) is 31.6 Å². The number of benzene rings is 2. The molecule has 0 spiro atoms. The van der Waals surface area contributed by atoms with Crippen LogP contribution in [0.4, 0.5) is 15.8 Å². The maximum atomic E-state index is 13.4. The average molecular weight is 256 g/mol. The Labute approximate surface area is 112 Å². The Bertz CT molecular complexity index is 595. The number of aryl methyl sites for hydroxylation is 1. The first-order valence-electron chi connectivity index (χ1n) is 6.61. The molecule has 2 aromatic carbocycles. The maximum Gasteiger partial charge on any atom is 0.125 e. The lowest BCUT2D eigenvalue weighted by Gasteiger charge is -2.24. The van der Waals surface area contributed by atoms with E-state index in [-0.39, 0.29) is 5.82 Å². The van der Waals surface area contributed by atoms with Gasteiger partial charge in [0.15, 0.2) is 0 Å². The molecule has 0 saturated heterocycles. The van der Waals surface area contributed by atoms with Crippen molar-refractivity contribution in [3.8, 4) is 0 Å². The van der Waals surface area contributed by atoms with Crippen LogP contribution in [0.15, 0.2) is 42.5 Å². The minimum absolute atomic E-state index is 0.235. The van der Waals surface area contributed by atoms with E-state index in [9.17, 15) is 4.39 Å². The summed E-state index contributed by atoms with van der Waals surface area (Å²) in [4.78, 5) is 2.17. The van der Waals surface area contributed by atoms with Crippen molar-refractivity contribution < 1.29 is 4.39 Å². The Morgan fingerprint density at radius 3 is 2.68 bits per heavy atom. The molecule has 0 unspecified atom stereocenters. The lowest BCUT2D eigenvalue weighted by atomic mass is 10.0. The van der Waals surface area contributed by atoms with E-state index in [4.69, 9.17) is 5.73 Å². The Balaban J connectivity index is 1.96. The van der Waals surface area contributed by atoms with E-state index >= 15 is 0 Å². The summed E-state index contributed by atoms with van der Waals surface area (Å²) in [7, 11) is 0. The van der Waals surface area contributed by atoms with Crippen molar-refractivity contribution in [1.82, 2.24) is 0 Å². The molecule has 3 rings (SSSR count). The molecule has 3 heteroatoms. The van der Waals surface area contributed by atoms with Gasteiger partial charge >= 0.3 is 0 Å². The van der Waals surface area contributed by atoms with E-state index in [1.165, 1.54) is 23.3 Å². The zero-order chi connectivity index (χ0) is 13.2. The van der Waals surface area contributed by atoms with Gasteiger partial charge < -0.3 is 10.6 Å². The molecular weight excluding hydrogens is 239 g/mol. The summed E-state index contributed by atoms with van der Waals surface area (Å²) in [6, 6.07) is 13.0. The third-order valence-corrected chi connectivity index (χ3v) is 3.69. The van der Waals surface area contributed by atoms with Crippen LogP contribution < -0.4 is 10.6 Å². The zero-order valence-electron chi connectivity index (χ0n) is 10.8. The van der Waals surface area contributed by atoms with Gasteiger partial charge in [0.2, 0.25) is 0 Å². The molecule has 2 aromatic rings. The molecule has 98 valence electrons. The molecule has 1 aliphatic rings. The number of nitrogens with zero attached hydrogens (tertiary/aromatic N) is 1. The first kappa shape index (κ1) is 12.0. The molecule has 0 saturated carbocycles. The van der Waals surface area contributed by atoms with Gasteiger partial charge in [0.25, 0.3) is 0 Å². The normalized spacial score (nSPS) is 14.9. The van der Waals surface area contributed by atoms with Gasteiger partial charge in [-0.15, -0.1) is 0 Å². The summed E-state index contributed by atoms with van der Waals surface area (Å²) in [5.41, 5.74) is 10.1. The summed E-state index contributed by atoms with van der Waals surface area (Å²) in [6.45, 7) is 1.70. The van der Waals surface area contributed by atoms with Crippen LogP contribution in [-0.4, -0.2) is 6.54 Å². The molecule has 0 bridgehead atoms. The van der Waals surface area contributed by atoms with Crippen molar-refractivity contribution >= 4 is 11.4 Å². The highest BCUT2D eigenvalue weighted by atomic mass is 19.1. The standard InChI is InChI=1S/C16H17FN2/c17-14-7-8-15(18)16(10-14)19-9-3-6-12-4-1-2-5-13(12)11-19/h1-2,4-5,7-8,10H,3,6,9,11,18H2. The molecule has 0 aliphatic carbocycles. The summed E-state index contributed by atoms with van der Waals surface area (Å²) in [5.74, 6) is -0.235. The first-order chi connectivity index (χ1) is 9.24. The Kier molecular flexibility index (Phi) is 3.11. The number of hydrogen-bond acceptors (Lipinski definition) is 2. The highest BCUT2D eigenvalue weighted by Gasteiger charge is 2.16. The van der Waals surface area contributed by atoms with Gasteiger partial charge in [-0.3, -0.25) is 0 Å². The van der Waals surface area contributed by atoms with Gasteiger partial charge in [-0.25, -0.2) is 4.39 Å². The van der Waals surface area contributed by atoms with Gasteiger partial charge in [0.05, 0.1) is 11.4 Å². The van der Waals surface area contributed by atoms with Crippen molar-refractivity contribution in [3.63, 3.8) is 0 Å². The zero-order valence-corrected chi connectivity index (χ0v) is 10.8. The molecule has 2 N–H and O–H groups in total. The molecule has 0 amide bonds. The van der Waals surface area contributed by atoms with E-state index in [1.54, 1.807) is 6.07 Å². The Morgan fingerprint density at radius 2 is 1.84 bits per heavy atom. The third-order valence-electron chi connectivity index (χ3n) is 3.69. The van der Waals surface area contributed by atoms with Gasteiger partial charge in [0.1, 0.15) is 5.82 Å². The SMILES string of the molecule is Nc1ccc(F)cc1N1CCCc2ccccc2C1. The van der Waals surface area contributed by atoms with Crippen molar-refractivity contribution in [3.05, 3.63) is 59.4 Å². The third kappa shape index (κ3) is 2.41. The fourth-order valence-corrected chi connectivity index (χ4v) is 2.70. The van der Waals surface area contributed by atoms with Gasteiger partial charge in [-0.1, -0.05) is 24.3 Å². The summed E-state index contributed by atoms with van der Waals surface area (Å²) >= 11 is 0. The highest BCUT2D eigenvalue weighted by molar-refractivity contribution is 5.67. The van der Waals surface area contributed by atoms with Crippen LogP contribution in [-0.2, 0) is 13.0 Å². The molecule has 1 heterocycles. The maximum absolute atomic E-state index is 13.4. The molecule has 0 atom stereocenters. The van der Waals surface area contributed by atoms with Crippen molar-refractivity contribution in [2.24, 2.45) is 0 Å². The number of nitrogen functional groups attached to an aromatic ring is 1. The second-order valence-corrected chi connectivity index (χ2v) is 5.00. The summed E-state index contributed by atoms with van der Waals surface area (Å²) in [5, 5.41) is 0. The van der Waals surface area contributed by atoms with Crippen molar-refractivity contribution in [1.29, 1.82) is 0 Å². The van der Waals surface area contributed by atoms with Crippen LogP contribution in [0.3, 0.4) is 0 Å². The van der Waals surface area contributed by atoms with Gasteiger partial charge in [0, 0.05) is 13.1 Å². The smallest absolute Gasteiger partial charge is 0.125 e. The van der Waals surface area contributed by atoms with Crippen LogP contribution >= 0.6 is 0 Å². The second-order valence-electron chi connectivity index (χ2n) is 5.00. The van der Waals surface area contributed by atoms with Gasteiger partial charge in [-0.2, -0.15) is 0 Å². The monoisotopic (exact) mass is 256 g/mol. The second kappa shape index (κ2) is 4.92. The van der Waals surface area contributed by atoms with Crippen LogP contribution in [0.5, 0.6) is 0 Å².